The summed E-state index contributed by atoms with van der Waals surface area (Å²) >= 11 is 0. The second-order valence-corrected chi connectivity index (χ2v) is 9.91. The molecular formula is C28H53N5O9. The third-order valence-electron chi connectivity index (χ3n) is 6.00. The summed E-state index contributed by atoms with van der Waals surface area (Å²) in [6, 6.07) is -0.0914. The molecule has 0 aromatic carbocycles. The van der Waals surface area contributed by atoms with Crippen LogP contribution in [0.1, 0.15) is 77.6 Å². The van der Waals surface area contributed by atoms with Gasteiger partial charge in [-0.3, -0.25) is 24.0 Å². The van der Waals surface area contributed by atoms with E-state index in [-0.39, 0.29) is 62.5 Å². The average molecular weight is 604 g/mol. The van der Waals surface area contributed by atoms with Gasteiger partial charge in [-0.25, -0.2) is 0 Å². The van der Waals surface area contributed by atoms with Gasteiger partial charge in [0.1, 0.15) is 6.61 Å². The van der Waals surface area contributed by atoms with E-state index in [4.69, 9.17) is 25.1 Å². The Morgan fingerprint density at radius 1 is 0.619 bits per heavy atom. The fourth-order valence-electron chi connectivity index (χ4n) is 3.70. The third kappa shape index (κ3) is 28.7. The molecule has 1 atom stereocenters. The highest BCUT2D eigenvalue weighted by molar-refractivity contribution is 5.78. The van der Waals surface area contributed by atoms with Crippen molar-refractivity contribution in [1.82, 2.24) is 21.3 Å². The summed E-state index contributed by atoms with van der Waals surface area (Å²) in [5.41, 5.74) is 5.16. The number of nitrogens with one attached hydrogen (secondary N) is 4. The summed E-state index contributed by atoms with van der Waals surface area (Å²) in [6.07, 6.45) is 8.13. The summed E-state index contributed by atoms with van der Waals surface area (Å²) in [5, 5.41) is 19.5. The fraction of sp³-hybridized carbons (Fsp3) is 0.821. The van der Waals surface area contributed by atoms with Crippen molar-refractivity contribution < 1.29 is 43.3 Å². The third-order valence-corrected chi connectivity index (χ3v) is 6.00. The number of ether oxygens (including phenoxy) is 3. The Morgan fingerprint density at radius 2 is 1.12 bits per heavy atom. The SMILES string of the molecule is C[C@@H](CCC(=O)NCCOCCOCC(=O)NCCOCCNC(=O)CN)NC(=O)CCCCCCCCCC(=O)O. The Kier molecular flexibility index (Phi) is 26.4. The van der Waals surface area contributed by atoms with Gasteiger partial charge in [-0.05, 0) is 26.2 Å². The van der Waals surface area contributed by atoms with Gasteiger partial charge in [-0.15, -0.1) is 0 Å². The number of carboxylic acid groups (broad SMARTS) is 1. The lowest BCUT2D eigenvalue weighted by atomic mass is 10.1. The molecule has 0 aliphatic heterocycles. The highest BCUT2D eigenvalue weighted by Crippen LogP contribution is 2.10. The van der Waals surface area contributed by atoms with E-state index >= 15 is 0 Å². The van der Waals surface area contributed by atoms with Gasteiger partial charge in [0.05, 0.1) is 39.6 Å². The molecule has 0 unspecified atom stereocenters. The van der Waals surface area contributed by atoms with Crippen LogP contribution in [0, 0.1) is 0 Å². The molecule has 14 nitrogen and oxygen atoms in total. The van der Waals surface area contributed by atoms with Gasteiger partial charge in [0.15, 0.2) is 0 Å². The molecular weight excluding hydrogens is 550 g/mol. The molecule has 0 aromatic heterocycles. The van der Waals surface area contributed by atoms with Crippen LogP contribution < -0.4 is 27.0 Å². The highest BCUT2D eigenvalue weighted by Gasteiger charge is 2.10. The number of amides is 4. The number of hydrogen-bond donors (Lipinski definition) is 6. The highest BCUT2D eigenvalue weighted by atomic mass is 16.5. The lowest BCUT2D eigenvalue weighted by molar-refractivity contribution is -0.137. The molecule has 0 rings (SSSR count). The minimum absolute atomic E-state index is 0.00591. The fourth-order valence-corrected chi connectivity index (χ4v) is 3.70. The second-order valence-electron chi connectivity index (χ2n) is 9.91. The van der Waals surface area contributed by atoms with Crippen LogP contribution in [0.15, 0.2) is 0 Å². The van der Waals surface area contributed by atoms with E-state index in [1.807, 2.05) is 6.92 Å². The van der Waals surface area contributed by atoms with Crippen molar-refractivity contribution in [2.75, 3.05) is 65.8 Å². The molecule has 7 N–H and O–H groups in total. The van der Waals surface area contributed by atoms with Gasteiger partial charge in [0.25, 0.3) is 0 Å². The van der Waals surface area contributed by atoms with E-state index in [2.05, 4.69) is 21.3 Å². The van der Waals surface area contributed by atoms with Crippen molar-refractivity contribution in [1.29, 1.82) is 0 Å². The van der Waals surface area contributed by atoms with E-state index in [1.54, 1.807) is 0 Å². The Morgan fingerprint density at radius 3 is 1.71 bits per heavy atom. The second kappa shape index (κ2) is 28.3. The molecule has 0 saturated heterocycles. The van der Waals surface area contributed by atoms with E-state index in [9.17, 15) is 24.0 Å². The van der Waals surface area contributed by atoms with E-state index in [0.717, 1.165) is 44.9 Å². The van der Waals surface area contributed by atoms with Crippen molar-refractivity contribution in [2.45, 2.75) is 83.6 Å². The van der Waals surface area contributed by atoms with Crippen LogP contribution in [0.5, 0.6) is 0 Å². The van der Waals surface area contributed by atoms with Gasteiger partial charge in [0.2, 0.25) is 23.6 Å². The first-order chi connectivity index (χ1) is 20.2. The molecule has 0 fully saturated rings. The Hall–Kier alpha value is -2.81. The Balaban J connectivity index is 3.50. The maximum absolute atomic E-state index is 12.1. The number of carbonyl (C=O) groups is 5. The zero-order valence-corrected chi connectivity index (χ0v) is 25.2. The van der Waals surface area contributed by atoms with Crippen molar-refractivity contribution in [3.8, 4) is 0 Å². The number of hydrogen-bond acceptors (Lipinski definition) is 9. The molecule has 14 heteroatoms. The lowest BCUT2D eigenvalue weighted by Gasteiger charge is -2.14. The van der Waals surface area contributed by atoms with Crippen LogP contribution in [0.4, 0.5) is 0 Å². The molecule has 0 aromatic rings. The Labute approximate surface area is 249 Å². The summed E-state index contributed by atoms with van der Waals surface area (Å²) < 4.78 is 15.9. The van der Waals surface area contributed by atoms with Crippen LogP contribution in [0.3, 0.4) is 0 Å². The number of unbranched alkanes of at least 4 members (excludes halogenated alkanes) is 6. The molecule has 42 heavy (non-hydrogen) atoms. The van der Waals surface area contributed by atoms with Crippen LogP contribution in [-0.4, -0.2) is 107 Å². The molecule has 0 aliphatic carbocycles. The smallest absolute Gasteiger partial charge is 0.303 e. The number of aliphatic carboxylic acids is 1. The van der Waals surface area contributed by atoms with Crippen LogP contribution >= 0.6 is 0 Å². The first kappa shape index (κ1) is 39.2. The van der Waals surface area contributed by atoms with Crippen LogP contribution in [0.2, 0.25) is 0 Å². The number of nitrogens with two attached hydrogens (primary N) is 1. The van der Waals surface area contributed by atoms with Gasteiger partial charge in [-0.2, -0.15) is 0 Å². The van der Waals surface area contributed by atoms with Crippen molar-refractivity contribution >= 4 is 29.6 Å². The molecule has 0 aliphatic rings. The topological polar surface area (TPSA) is 207 Å². The minimum atomic E-state index is -0.744. The van der Waals surface area contributed by atoms with Gasteiger partial charge < -0.3 is 46.3 Å². The zero-order valence-electron chi connectivity index (χ0n) is 25.2. The van der Waals surface area contributed by atoms with Crippen molar-refractivity contribution in [3.63, 3.8) is 0 Å². The number of rotatable bonds is 29. The molecule has 0 heterocycles. The van der Waals surface area contributed by atoms with E-state index in [1.165, 1.54) is 0 Å². The summed E-state index contributed by atoms with van der Waals surface area (Å²) in [4.78, 5) is 57.2. The number of carbonyl (C=O) groups excluding carboxylic acids is 4. The minimum Gasteiger partial charge on any atom is -0.481 e. The lowest BCUT2D eigenvalue weighted by Crippen LogP contribution is -2.34. The van der Waals surface area contributed by atoms with Crippen LogP contribution in [-0.2, 0) is 38.2 Å². The van der Waals surface area contributed by atoms with E-state index < -0.39 is 5.97 Å². The maximum Gasteiger partial charge on any atom is 0.303 e. The largest absolute Gasteiger partial charge is 0.481 e. The standard InChI is InChI=1S/C28H53N5O9/c1-23(33-25(35)9-7-5-3-2-4-6-8-10-28(38)39)11-12-24(34)30-13-18-41-19-20-42-22-27(37)32-15-17-40-16-14-31-26(36)21-29/h23H,2-22,29H2,1H3,(H,30,34)(H,31,36)(H,32,37)(H,33,35)(H,38,39)/t23-/m0/s1. The summed E-state index contributed by atoms with van der Waals surface area (Å²) in [7, 11) is 0. The predicted molar refractivity (Wildman–Crippen MR) is 157 cm³/mol. The zero-order chi connectivity index (χ0) is 31.3. The Bertz CT molecular complexity index is 755. The first-order valence-corrected chi connectivity index (χ1v) is 15.0. The van der Waals surface area contributed by atoms with E-state index in [0.29, 0.717) is 58.7 Å². The molecule has 4 amide bonds. The summed E-state index contributed by atoms with van der Waals surface area (Å²) in [5.74, 6) is -1.38. The number of carboxylic acids is 1. The normalized spacial score (nSPS) is 11.5. The van der Waals surface area contributed by atoms with Gasteiger partial charge in [-0.1, -0.05) is 32.1 Å². The molecule has 0 saturated carbocycles. The first-order valence-electron chi connectivity index (χ1n) is 15.0. The molecule has 0 radical (unpaired) electrons. The predicted octanol–water partition coefficient (Wildman–Crippen LogP) is 0.224. The molecule has 0 spiro atoms. The van der Waals surface area contributed by atoms with Crippen LogP contribution in [0.25, 0.3) is 0 Å². The maximum atomic E-state index is 12.1. The van der Waals surface area contributed by atoms with Gasteiger partial charge in [0, 0.05) is 44.9 Å². The summed E-state index contributed by atoms with van der Waals surface area (Å²) in [6.45, 7) is 4.26. The molecule has 0 bridgehead atoms. The van der Waals surface area contributed by atoms with Gasteiger partial charge >= 0.3 is 5.97 Å². The monoisotopic (exact) mass is 603 g/mol. The quantitative estimate of drug-likeness (QED) is 0.0641. The van der Waals surface area contributed by atoms with Crippen molar-refractivity contribution in [2.24, 2.45) is 5.73 Å². The average Bonchev–Trinajstić information content (AvgIpc) is 2.95. The van der Waals surface area contributed by atoms with Crippen molar-refractivity contribution in [3.05, 3.63) is 0 Å². The molecule has 244 valence electrons.